The van der Waals surface area contributed by atoms with Gasteiger partial charge in [-0.3, -0.25) is 0 Å². The average molecular weight is 286 g/mol. The van der Waals surface area contributed by atoms with Gasteiger partial charge in [-0.2, -0.15) is 0 Å². The fourth-order valence-electron chi connectivity index (χ4n) is 1.90. The van der Waals surface area contributed by atoms with E-state index in [1.54, 1.807) is 0 Å². The summed E-state index contributed by atoms with van der Waals surface area (Å²) in [5, 5.41) is 1.09. The molecule has 1 aromatic carbocycles. The van der Waals surface area contributed by atoms with Crippen molar-refractivity contribution in [3.63, 3.8) is 0 Å². The predicted octanol–water partition coefficient (Wildman–Crippen LogP) is 3.94. The van der Waals surface area contributed by atoms with Gasteiger partial charge in [-0.15, -0.1) is 0 Å². The van der Waals surface area contributed by atoms with Crippen LogP contribution in [0.3, 0.4) is 0 Å². The van der Waals surface area contributed by atoms with Gasteiger partial charge in [0.05, 0.1) is 0 Å². The molecule has 1 unspecified atom stereocenters. The Morgan fingerprint density at radius 1 is 1.38 bits per heavy atom. The summed E-state index contributed by atoms with van der Waals surface area (Å²) in [6, 6.07) is 9.63. The molecule has 1 saturated heterocycles. The maximum absolute atomic E-state index is 7.85. The molecule has 88 valence electrons. The zero-order valence-corrected chi connectivity index (χ0v) is 11.2. The van der Waals surface area contributed by atoms with Crippen LogP contribution >= 0.6 is 0 Å². The van der Waals surface area contributed by atoms with Crippen LogP contribution in [0.4, 0.5) is 0 Å². The van der Waals surface area contributed by atoms with Crippen molar-refractivity contribution in [1.29, 1.82) is 0 Å². The molecular weight excluding hydrogens is 263 g/mol. The fourth-order valence-corrected chi connectivity index (χ4v) is 4.53. The van der Waals surface area contributed by atoms with E-state index in [0.29, 0.717) is 13.0 Å². The second-order valence-corrected chi connectivity index (χ2v) is 7.31. The quantitative estimate of drug-likeness (QED) is 0.762. The molecule has 1 atom stereocenters. The number of rotatable bonds is 4. The first kappa shape index (κ1) is 8.60. The van der Waals surface area contributed by atoms with E-state index in [9.17, 15) is 0 Å². The van der Waals surface area contributed by atoms with Crippen molar-refractivity contribution in [3.8, 4) is 5.75 Å². The zero-order valence-electron chi connectivity index (χ0n) is 12.4. The van der Waals surface area contributed by atoms with Gasteiger partial charge in [-0.1, -0.05) is 0 Å². The summed E-state index contributed by atoms with van der Waals surface area (Å²) in [7, 11) is 0. The molecule has 0 aromatic heterocycles. The van der Waals surface area contributed by atoms with Gasteiger partial charge < -0.3 is 0 Å². The zero-order chi connectivity index (χ0) is 13.8. The Hall–Kier alpha value is -0.461. The van der Waals surface area contributed by atoms with Gasteiger partial charge in [0.15, 0.2) is 0 Å². The molecule has 1 aromatic rings. The molecule has 16 heavy (non-hydrogen) atoms. The Morgan fingerprint density at radius 2 is 2.25 bits per heavy atom. The van der Waals surface area contributed by atoms with Gasteiger partial charge in [0.1, 0.15) is 0 Å². The standard InChI is InChI=1S/C14H20OSe/c1-14(9-5-6-12-16-14)10-11-15-13-7-3-2-4-8-13/h2-4,7-8H,5-6,9-12H2,1H3/i1D3. The van der Waals surface area contributed by atoms with Gasteiger partial charge in [0, 0.05) is 0 Å². The van der Waals surface area contributed by atoms with Crippen LogP contribution in [-0.2, 0) is 0 Å². The van der Waals surface area contributed by atoms with E-state index in [0.717, 1.165) is 23.9 Å². The monoisotopic (exact) mass is 287 g/mol. The predicted molar refractivity (Wildman–Crippen MR) is 69.3 cm³/mol. The van der Waals surface area contributed by atoms with Crippen molar-refractivity contribution in [1.82, 2.24) is 0 Å². The average Bonchev–Trinajstić information content (AvgIpc) is 2.40. The normalized spacial score (nSPS) is 28.9. The van der Waals surface area contributed by atoms with Crippen LogP contribution in [0.5, 0.6) is 5.75 Å². The summed E-state index contributed by atoms with van der Waals surface area (Å²) >= 11 is 0.205. The Labute approximate surface area is 109 Å². The van der Waals surface area contributed by atoms with Gasteiger partial charge >= 0.3 is 109 Å². The number of para-hydroxylation sites is 1. The Bertz CT molecular complexity index is 385. The molecule has 1 heterocycles. The molecule has 1 aliphatic rings. The number of benzene rings is 1. The first-order chi connectivity index (χ1) is 9.04. The first-order valence-electron chi connectivity index (χ1n) is 7.35. The van der Waals surface area contributed by atoms with Crippen molar-refractivity contribution in [2.24, 2.45) is 0 Å². The van der Waals surface area contributed by atoms with E-state index in [1.807, 2.05) is 30.3 Å². The summed E-state index contributed by atoms with van der Waals surface area (Å²) < 4.78 is 28.8. The van der Waals surface area contributed by atoms with Gasteiger partial charge in [-0.05, 0) is 0 Å². The van der Waals surface area contributed by atoms with Crippen LogP contribution in [0.25, 0.3) is 0 Å². The van der Waals surface area contributed by atoms with Gasteiger partial charge in [0.25, 0.3) is 0 Å². The molecule has 0 radical (unpaired) electrons. The first-order valence-corrected chi connectivity index (χ1v) is 7.92. The summed E-state index contributed by atoms with van der Waals surface area (Å²) in [5.41, 5.74) is 0. The minimum atomic E-state index is -1.84. The van der Waals surface area contributed by atoms with Crippen LogP contribution in [-0.4, -0.2) is 21.6 Å². The Kier molecular flexibility index (Phi) is 3.09. The molecule has 0 aliphatic carbocycles. The topological polar surface area (TPSA) is 9.23 Å². The van der Waals surface area contributed by atoms with Crippen LogP contribution in [0.15, 0.2) is 30.3 Å². The van der Waals surface area contributed by atoms with Crippen LogP contribution < -0.4 is 4.74 Å². The molecule has 2 heteroatoms. The molecule has 2 rings (SSSR count). The Morgan fingerprint density at radius 3 is 2.94 bits per heavy atom. The second-order valence-electron chi connectivity index (χ2n) is 4.21. The van der Waals surface area contributed by atoms with E-state index in [-0.39, 0.29) is 15.0 Å². The summed E-state index contributed by atoms with van der Waals surface area (Å²) in [6.07, 6.45) is 3.73. The minimum absolute atomic E-state index is 0.205. The van der Waals surface area contributed by atoms with E-state index in [4.69, 9.17) is 8.85 Å². The third-order valence-corrected chi connectivity index (χ3v) is 5.92. The van der Waals surface area contributed by atoms with E-state index in [2.05, 4.69) is 0 Å². The molecule has 0 spiro atoms. The van der Waals surface area contributed by atoms with Crippen molar-refractivity contribution >= 4 is 15.0 Å². The Balaban J connectivity index is 1.94. The summed E-state index contributed by atoms with van der Waals surface area (Å²) in [6.45, 7) is -1.34. The molecule has 0 bridgehead atoms. The molecule has 0 saturated carbocycles. The van der Waals surface area contributed by atoms with Crippen LogP contribution in [0.1, 0.15) is 36.6 Å². The van der Waals surface area contributed by atoms with Crippen molar-refractivity contribution in [3.05, 3.63) is 30.3 Å². The molecular formula is C14H20OSe. The second kappa shape index (κ2) is 5.74. The molecule has 0 amide bonds. The van der Waals surface area contributed by atoms with E-state index >= 15 is 0 Å². The molecule has 1 fully saturated rings. The number of ether oxygens (including phenoxy) is 1. The van der Waals surface area contributed by atoms with E-state index < -0.39 is 11.2 Å². The molecule has 1 nitrogen and oxygen atoms in total. The van der Waals surface area contributed by atoms with Crippen LogP contribution in [0, 0.1) is 0 Å². The fraction of sp³-hybridized carbons (Fsp3) is 0.571. The third-order valence-electron chi connectivity index (χ3n) is 2.87. The molecule has 0 N–H and O–H groups in total. The van der Waals surface area contributed by atoms with Crippen LogP contribution in [0.2, 0.25) is 9.63 Å². The van der Waals surface area contributed by atoms with Crippen molar-refractivity contribution in [2.45, 2.75) is 42.2 Å². The van der Waals surface area contributed by atoms with E-state index in [1.165, 1.54) is 6.42 Å². The third kappa shape index (κ3) is 3.54. The summed E-state index contributed by atoms with van der Waals surface area (Å²) in [4.78, 5) is 0. The molecule has 1 aliphatic heterocycles. The SMILES string of the molecule is [2H]C([2H])([2H])C1(CCOc2ccccc2)CCCC[Se]1. The number of hydrogen-bond acceptors (Lipinski definition) is 1. The van der Waals surface area contributed by atoms with Crippen molar-refractivity contribution < 1.29 is 8.85 Å². The number of hydrogen-bond donors (Lipinski definition) is 0. The van der Waals surface area contributed by atoms with Gasteiger partial charge in [0.2, 0.25) is 0 Å². The maximum atomic E-state index is 7.85. The summed E-state index contributed by atoms with van der Waals surface area (Å²) in [5.74, 6) is 0.825. The van der Waals surface area contributed by atoms with Gasteiger partial charge in [-0.25, -0.2) is 0 Å². The van der Waals surface area contributed by atoms with Crippen molar-refractivity contribution in [2.75, 3.05) is 6.61 Å².